The van der Waals surface area contributed by atoms with Crippen molar-refractivity contribution in [1.29, 1.82) is 0 Å². The molecular weight excluding hydrogens is 220 g/mol. The van der Waals surface area contributed by atoms with Crippen LogP contribution in [0.3, 0.4) is 0 Å². The fourth-order valence-electron chi connectivity index (χ4n) is 0.896. The number of hydrogen-bond acceptors (Lipinski definition) is 2. The van der Waals surface area contributed by atoms with Gasteiger partial charge in [-0.3, -0.25) is 4.79 Å². The molecule has 0 fully saturated rings. The van der Waals surface area contributed by atoms with Crippen molar-refractivity contribution in [2.75, 3.05) is 0 Å². The lowest BCUT2D eigenvalue weighted by Crippen LogP contribution is -1.97. The highest BCUT2D eigenvalue weighted by atomic mass is 79.9. The van der Waals surface area contributed by atoms with E-state index < -0.39 is 0 Å². The van der Waals surface area contributed by atoms with Crippen molar-refractivity contribution in [3.05, 3.63) is 34.3 Å². The summed E-state index contributed by atoms with van der Waals surface area (Å²) in [6.45, 7) is 2.30. The van der Waals surface area contributed by atoms with Gasteiger partial charge < -0.3 is 4.74 Å². The Bertz CT molecular complexity index is 256. The summed E-state index contributed by atoms with van der Waals surface area (Å²) >= 11 is 3.32. The zero-order valence-electron chi connectivity index (χ0n) is 6.66. The minimum absolute atomic E-state index is 0.171. The van der Waals surface area contributed by atoms with E-state index in [9.17, 15) is 4.79 Å². The molecule has 0 amide bonds. The molecule has 0 saturated carbocycles. The number of hydrogen-bond donors (Lipinski definition) is 0. The summed E-state index contributed by atoms with van der Waals surface area (Å²) in [6, 6.07) is 7.66. The molecule has 0 aliphatic carbocycles. The lowest BCUT2D eigenvalue weighted by Gasteiger charge is -2.08. The van der Waals surface area contributed by atoms with Crippen LogP contribution in [0.4, 0.5) is 0 Å². The molecule has 0 spiro atoms. The molecular formula is C9H9BrO2. The SMILES string of the molecule is CC(OC=O)c1ccc(Br)cc1. The van der Waals surface area contributed by atoms with Crippen LogP contribution < -0.4 is 0 Å². The van der Waals surface area contributed by atoms with Crippen LogP contribution in [0.5, 0.6) is 0 Å². The highest BCUT2D eigenvalue weighted by Gasteiger charge is 2.03. The van der Waals surface area contributed by atoms with Gasteiger partial charge in [-0.15, -0.1) is 0 Å². The van der Waals surface area contributed by atoms with Gasteiger partial charge in [0, 0.05) is 4.47 Å². The molecule has 0 aliphatic heterocycles. The summed E-state index contributed by atoms with van der Waals surface area (Å²) in [7, 11) is 0. The van der Waals surface area contributed by atoms with E-state index >= 15 is 0 Å². The van der Waals surface area contributed by atoms with E-state index in [1.54, 1.807) is 0 Å². The lowest BCUT2D eigenvalue weighted by molar-refractivity contribution is -0.133. The molecule has 0 saturated heterocycles. The summed E-state index contributed by atoms with van der Waals surface area (Å²) < 4.78 is 5.79. The molecule has 1 atom stereocenters. The maximum Gasteiger partial charge on any atom is 0.293 e. The Morgan fingerprint density at radius 2 is 2.00 bits per heavy atom. The summed E-state index contributed by atoms with van der Waals surface area (Å²) in [5, 5.41) is 0. The molecule has 0 N–H and O–H groups in total. The van der Waals surface area contributed by atoms with Gasteiger partial charge in [0.25, 0.3) is 6.47 Å². The minimum Gasteiger partial charge on any atom is -0.460 e. The highest BCUT2D eigenvalue weighted by Crippen LogP contribution is 2.18. The first-order valence-corrected chi connectivity index (χ1v) is 4.38. The van der Waals surface area contributed by atoms with Crippen molar-refractivity contribution >= 4 is 22.4 Å². The second-order valence-corrected chi connectivity index (χ2v) is 3.34. The molecule has 1 unspecified atom stereocenters. The number of rotatable bonds is 3. The predicted molar refractivity (Wildman–Crippen MR) is 49.7 cm³/mol. The van der Waals surface area contributed by atoms with Crippen LogP contribution in [0.25, 0.3) is 0 Å². The summed E-state index contributed by atoms with van der Waals surface area (Å²) in [6.07, 6.45) is -0.171. The van der Waals surface area contributed by atoms with Gasteiger partial charge in [0.2, 0.25) is 0 Å². The number of benzene rings is 1. The number of halogens is 1. The molecule has 2 nitrogen and oxygen atoms in total. The van der Waals surface area contributed by atoms with Crippen molar-refractivity contribution in [3.63, 3.8) is 0 Å². The van der Waals surface area contributed by atoms with Crippen molar-refractivity contribution < 1.29 is 9.53 Å². The third-order valence-corrected chi connectivity index (χ3v) is 2.13. The molecule has 1 aromatic carbocycles. The van der Waals surface area contributed by atoms with Crippen LogP contribution in [-0.4, -0.2) is 6.47 Å². The molecule has 0 heterocycles. The van der Waals surface area contributed by atoms with Crippen LogP contribution in [-0.2, 0) is 9.53 Å². The Kier molecular flexibility index (Phi) is 3.29. The Hall–Kier alpha value is -0.830. The van der Waals surface area contributed by atoms with E-state index in [2.05, 4.69) is 15.9 Å². The third-order valence-electron chi connectivity index (χ3n) is 1.60. The summed E-state index contributed by atoms with van der Waals surface area (Å²) in [4.78, 5) is 10.0. The normalized spacial score (nSPS) is 12.2. The Labute approximate surface area is 79.7 Å². The topological polar surface area (TPSA) is 26.3 Å². The average molecular weight is 229 g/mol. The number of carbonyl (C=O) groups is 1. The van der Waals surface area contributed by atoms with E-state index in [4.69, 9.17) is 4.74 Å². The van der Waals surface area contributed by atoms with E-state index in [1.165, 1.54) is 0 Å². The zero-order chi connectivity index (χ0) is 8.97. The third kappa shape index (κ3) is 2.34. The van der Waals surface area contributed by atoms with Crippen LogP contribution in [0.15, 0.2) is 28.7 Å². The first-order chi connectivity index (χ1) is 5.74. The Morgan fingerprint density at radius 1 is 1.42 bits per heavy atom. The quantitative estimate of drug-likeness (QED) is 0.744. The lowest BCUT2D eigenvalue weighted by atomic mass is 10.1. The second-order valence-electron chi connectivity index (χ2n) is 2.43. The van der Waals surface area contributed by atoms with Crippen molar-refractivity contribution in [3.8, 4) is 0 Å². The van der Waals surface area contributed by atoms with Gasteiger partial charge in [0.05, 0.1) is 0 Å². The first-order valence-electron chi connectivity index (χ1n) is 3.58. The van der Waals surface area contributed by atoms with Gasteiger partial charge in [0.1, 0.15) is 6.10 Å². The zero-order valence-corrected chi connectivity index (χ0v) is 8.24. The average Bonchev–Trinajstić information content (AvgIpc) is 2.06. The number of ether oxygens (including phenoxy) is 1. The molecule has 0 aromatic heterocycles. The highest BCUT2D eigenvalue weighted by molar-refractivity contribution is 9.10. The van der Waals surface area contributed by atoms with E-state index in [0.717, 1.165) is 10.0 Å². The first kappa shape index (κ1) is 9.26. The fourth-order valence-corrected chi connectivity index (χ4v) is 1.16. The minimum atomic E-state index is -0.171. The van der Waals surface area contributed by atoms with E-state index in [-0.39, 0.29) is 6.10 Å². The molecule has 0 radical (unpaired) electrons. The van der Waals surface area contributed by atoms with Gasteiger partial charge in [0.15, 0.2) is 0 Å². The molecule has 64 valence electrons. The standard InChI is InChI=1S/C9H9BrO2/c1-7(12-6-11)8-2-4-9(10)5-3-8/h2-7H,1H3. The monoisotopic (exact) mass is 228 g/mol. The van der Waals surface area contributed by atoms with Crippen molar-refractivity contribution in [1.82, 2.24) is 0 Å². The van der Waals surface area contributed by atoms with Gasteiger partial charge in [-0.05, 0) is 24.6 Å². The fraction of sp³-hybridized carbons (Fsp3) is 0.222. The molecule has 12 heavy (non-hydrogen) atoms. The van der Waals surface area contributed by atoms with Crippen LogP contribution >= 0.6 is 15.9 Å². The summed E-state index contributed by atoms with van der Waals surface area (Å²) in [5.41, 5.74) is 0.991. The predicted octanol–water partition coefficient (Wildman–Crippen LogP) is 2.68. The van der Waals surface area contributed by atoms with E-state index in [0.29, 0.717) is 6.47 Å². The largest absolute Gasteiger partial charge is 0.460 e. The number of carbonyl (C=O) groups excluding carboxylic acids is 1. The maximum absolute atomic E-state index is 10.0. The van der Waals surface area contributed by atoms with Gasteiger partial charge in [-0.2, -0.15) is 0 Å². The van der Waals surface area contributed by atoms with Gasteiger partial charge in [-0.1, -0.05) is 28.1 Å². The van der Waals surface area contributed by atoms with Crippen LogP contribution in [0, 0.1) is 0 Å². The molecule has 0 aliphatic rings. The maximum atomic E-state index is 10.0. The Balaban J connectivity index is 2.74. The molecule has 1 aromatic rings. The summed E-state index contributed by atoms with van der Waals surface area (Å²) in [5.74, 6) is 0. The Morgan fingerprint density at radius 3 is 2.50 bits per heavy atom. The van der Waals surface area contributed by atoms with Gasteiger partial charge in [-0.25, -0.2) is 0 Å². The van der Waals surface area contributed by atoms with E-state index in [1.807, 2.05) is 31.2 Å². The molecule has 3 heteroatoms. The van der Waals surface area contributed by atoms with Crippen LogP contribution in [0.1, 0.15) is 18.6 Å². The van der Waals surface area contributed by atoms with Crippen molar-refractivity contribution in [2.24, 2.45) is 0 Å². The molecule has 0 bridgehead atoms. The van der Waals surface area contributed by atoms with Gasteiger partial charge >= 0.3 is 0 Å². The smallest absolute Gasteiger partial charge is 0.293 e. The second kappa shape index (κ2) is 4.26. The van der Waals surface area contributed by atoms with Crippen LogP contribution in [0.2, 0.25) is 0 Å². The van der Waals surface area contributed by atoms with Crippen molar-refractivity contribution in [2.45, 2.75) is 13.0 Å². The molecule has 1 rings (SSSR count).